The lowest BCUT2D eigenvalue weighted by molar-refractivity contribution is 0.0912. The molecule has 1 saturated heterocycles. The van der Waals surface area contributed by atoms with Crippen LogP contribution in [0.15, 0.2) is 12.1 Å². The molecule has 0 radical (unpaired) electrons. The summed E-state index contributed by atoms with van der Waals surface area (Å²) in [5.74, 6) is -0.697. The Morgan fingerprint density at radius 3 is 2.76 bits per heavy atom. The highest BCUT2D eigenvalue weighted by Crippen LogP contribution is 2.25. The van der Waals surface area contributed by atoms with Crippen LogP contribution in [0.3, 0.4) is 0 Å². The number of hydrogen-bond acceptors (Lipinski definition) is 4. The number of ether oxygens (including phenoxy) is 1. The molecule has 1 aromatic rings. The van der Waals surface area contributed by atoms with Crippen molar-refractivity contribution in [2.24, 2.45) is 0 Å². The zero-order valence-corrected chi connectivity index (χ0v) is 12.5. The third kappa shape index (κ3) is 3.85. The minimum Gasteiger partial charge on any atom is -0.492 e. The molecule has 5 nitrogen and oxygen atoms in total. The van der Waals surface area contributed by atoms with Crippen LogP contribution in [-0.4, -0.2) is 43.6 Å². The zero-order chi connectivity index (χ0) is 15.4. The lowest BCUT2D eigenvalue weighted by Gasteiger charge is -2.29. The smallest absolute Gasteiger partial charge is 0.254 e. The molecule has 0 saturated carbocycles. The Kier molecular flexibility index (Phi) is 5.01. The second-order valence-corrected chi connectivity index (χ2v) is 5.35. The Balaban J connectivity index is 2.09. The number of hydrogen-bond donors (Lipinski definition) is 2. The first-order chi connectivity index (χ1) is 10.0. The number of carbonyl (C=O) groups is 1. The number of halogens is 1. The van der Waals surface area contributed by atoms with Crippen LogP contribution in [0.5, 0.6) is 5.75 Å². The number of carbonyl (C=O) groups excluding carboxylic acids is 1. The summed E-state index contributed by atoms with van der Waals surface area (Å²) in [6.07, 6.45) is 1.74. The highest BCUT2D eigenvalue weighted by molar-refractivity contribution is 5.95. The van der Waals surface area contributed by atoms with E-state index in [1.165, 1.54) is 6.07 Å². The van der Waals surface area contributed by atoms with Gasteiger partial charge in [0.15, 0.2) is 0 Å². The van der Waals surface area contributed by atoms with E-state index in [9.17, 15) is 9.18 Å². The molecule has 1 aliphatic heterocycles. The van der Waals surface area contributed by atoms with E-state index in [4.69, 9.17) is 10.5 Å². The first kappa shape index (κ1) is 15.6. The van der Waals surface area contributed by atoms with Gasteiger partial charge >= 0.3 is 0 Å². The molecule has 1 fully saturated rings. The topological polar surface area (TPSA) is 67.6 Å². The third-order valence-corrected chi connectivity index (χ3v) is 3.70. The fraction of sp³-hybridized carbons (Fsp3) is 0.533. The highest BCUT2D eigenvalue weighted by Gasteiger charge is 2.21. The number of anilines is 1. The molecule has 3 N–H and O–H groups in total. The number of rotatable bonds is 4. The standard InChI is InChI=1S/C15H22FN3O2/c1-3-21-14-8-11(12(16)9-13(14)17)15(20)18-10-4-6-19(2)7-5-10/h8-10H,3-7,17H2,1-2H3,(H,18,20). The summed E-state index contributed by atoms with van der Waals surface area (Å²) in [4.78, 5) is 14.4. The van der Waals surface area contributed by atoms with Gasteiger partial charge in [-0.2, -0.15) is 0 Å². The number of nitrogens with two attached hydrogens (primary N) is 1. The van der Waals surface area contributed by atoms with Crippen LogP contribution in [-0.2, 0) is 0 Å². The fourth-order valence-corrected chi connectivity index (χ4v) is 2.44. The van der Waals surface area contributed by atoms with Crippen molar-refractivity contribution in [2.45, 2.75) is 25.8 Å². The van der Waals surface area contributed by atoms with Crippen molar-refractivity contribution in [2.75, 3.05) is 32.5 Å². The van der Waals surface area contributed by atoms with Gasteiger partial charge in [-0.25, -0.2) is 4.39 Å². The van der Waals surface area contributed by atoms with Crippen LogP contribution in [0.1, 0.15) is 30.1 Å². The van der Waals surface area contributed by atoms with Crippen molar-refractivity contribution in [3.05, 3.63) is 23.5 Å². The van der Waals surface area contributed by atoms with Crippen LogP contribution >= 0.6 is 0 Å². The lowest BCUT2D eigenvalue weighted by Crippen LogP contribution is -2.43. The van der Waals surface area contributed by atoms with Crippen molar-refractivity contribution in [3.63, 3.8) is 0 Å². The van der Waals surface area contributed by atoms with E-state index in [1.807, 2.05) is 7.05 Å². The second kappa shape index (κ2) is 6.76. The molecule has 116 valence electrons. The summed E-state index contributed by atoms with van der Waals surface area (Å²) in [6.45, 7) is 4.08. The van der Waals surface area contributed by atoms with Crippen molar-refractivity contribution in [1.29, 1.82) is 0 Å². The van der Waals surface area contributed by atoms with Gasteiger partial charge in [-0.1, -0.05) is 0 Å². The largest absolute Gasteiger partial charge is 0.492 e. The SMILES string of the molecule is CCOc1cc(C(=O)NC2CCN(C)CC2)c(F)cc1N. The van der Waals surface area contributed by atoms with Gasteiger partial charge in [0.1, 0.15) is 11.6 Å². The average Bonchev–Trinajstić information content (AvgIpc) is 2.44. The quantitative estimate of drug-likeness (QED) is 0.829. The summed E-state index contributed by atoms with van der Waals surface area (Å²) >= 11 is 0. The van der Waals surface area contributed by atoms with Gasteiger partial charge in [0.25, 0.3) is 5.91 Å². The fourth-order valence-electron chi connectivity index (χ4n) is 2.44. The monoisotopic (exact) mass is 295 g/mol. The number of piperidine rings is 1. The Hall–Kier alpha value is -1.82. The van der Waals surface area contributed by atoms with Gasteiger partial charge in [0.05, 0.1) is 17.9 Å². The Morgan fingerprint density at radius 1 is 1.48 bits per heavy atom. The molecule has 0 atom stereocenters. The molecule has 1 aliphatic rings. The third-order valence-electron chi connectivity index (χ3n) is 3.70. The molecule has 0 spiro atoms. The number of likely N-dealkylation sites (tertiary alicyclic amines) is 1. The van der Waals surface area contributed by atoms with Crippen molar-refractivity contribution in [3.8, 4) is 5.75 Å². The molecule has 1 heterocycles. The summed E-state index contributed by atoms with van der Waals surface area (Å²) in [7, 11) is 2.05. The molecule has 21 heavy (non-hydrogen) atoms. The lowest BCUT2D eigenvalue weighted by atomic mass is 10.0. The maximum atomic E-state index is 13.9. The number of nitrogen functional groups attached to an aromatic ring is 1. The molecule has 1 aromatic carbocycles. The van der Waals surface area contributed by atoms with Gasteiger partial charge in [-0.3, -0.25) is 4.79 Å². The second-order valence-electron chi connectivity index (χ2n) is 5.35. The van der Waals surface area contributed by atoms with E-state index in [0.29, 0.717) is 12.4 Å². The van der Waals surface area contributed by atoms with Gasteiger partial charge < -0.3 is 20.7 Å². The zero-order valence-electron chi connectivity index (χ0n) is 12.5. The Bertz CT molecular complexity index is 514. The summed E-state index contributed by atoms with van der Waals surface area (Å²) in [5, 5.41) is 2.88. The van der Waals surface area contributed by atoms with Crippen molar-refractivity contribution in [1.82, 2.24) is 10.2 Å². The predicted molar refractivity (Wildman–Crippen MR) is 80.0 cm³/mol. The van der Waals surface area contributed by atoms with Crippen LogP contribution in [0.4, 0.5) is 10.1 Å². The van der Waals surface area contributed by atoms with Gasteiger partial charge in [0.2, 0.25) is 0 Å². The normalized spacial score (nSPS) is 16.7. The van der Waals surface area contributed by atoms with Crippen LogP contribution < -0.4 is 15.8 Å². The molecule has 6 heteroatoms. The predicted octanol–water partition coefficient (Wildman–Crippen LogP) is 1.63. The number of nitrogens with one attached hydrogen (secondary N) is 1. The molecule has 0 unspecified atom stereocenters. The van der Waals surface area contributed by atoms with Crippen molar-refractivity contribution < 1.29 is 13.9 Å². The Morgan fingerprint density at radius 2 is 2.14 bits per heavy atom. The van der Waals surface area contributed by atoms with Gasteiger partial charge in [-0.05, 0) is 46.0 Å². The number of nitrogens with zero attached hydrogens (tertiary/aromatic N) is 1. The maximum absolute atomic E-state index is 13.9. The van der Waals surface area contributed by atoms with Gasteiger partial charge in [0, 0.05) is 12.1 Å². The molecule has 0 aromatic heterocycles. The first-order valence-corrected chi connectivity index (χ1v) is 7.22. The summed E-state index contributed by atoms with van der Waals surface area (Å²) in [5.41, 5.74) is 5.85. The summed E-state index contributed by atoms with van der Waals surface area (Å²) < 4.78 is 19.2. The molecule has 2 rings (SSSR count). The Labute approximate surface area is 124 Å². The molecule has 0 aliphatic carbocycles. The highest BCUT2D eigenvalue weighted by atomic mass is 19.1. The van der Waals surface area contributed by atoms with E-state index >= 15 is 0 Å². The van der Waals surface area contributed by atoms with E-state index in [-0.39, 0.29) is 17.3 Å². The van der Waals surface area contributed by atoms with E-state index in [0.717, 1.165) is 32.0 Å². The van der Waals surface area contributed by atoms with Gasteiger partial charge in [-0.15, -0.1) is 0 Å². The molecular weight excluding hydrogens is 273 g/mol. The number of amides is 1. The molecular formula is C15H22FN3O2. The molecule has 0 bridgehead atoms. The van der Waals surface area contributed by atoms with E-state index in [2.05, 4.69) is 10.2 Å². The minimum atomic E-state index is -0.624. The number of benzene rings is 1. The summed E-state index contributed by atoms with van der Waals surface area (Å²) in [6, 6.07) is 2.59. The van der Waals surface area contributed by atoms with E-state index < -0.39 is 11.7 Å². The first-order valence-electron chi connectivity index (χ1n) is 7.22. The van der Waals surface area contributed by atoms with Crippen molar-refractivity contribution >= 4 is 11.6 Å². The average molecular weight is 295 g/mol. The van der Waals surface area contributed by atoms with Crippen LogP contribution in [0, 0.1) is 5.82 Å². The minimum absolute atomic E-state index is 0.0217. The maximum Gasteiger partial charge on any atom is 0.254 e. The molecule has 1 amide bonds. The van der Waals surface area contributed by atoms with E-state index in [1.54, 1.807) is 6.92 Å². The van der Waals surface area contributed by atoms with Crippen LogP contribution in [0.2, 0.25) is 0 Å². The van der Waals surface area contributed by atoms with Crippen LogP contribution in [0.25, 0.3) is 0 Å².